The number of anilines is 12. The van der Waals surface area contributed by atoms with Gasteiger partial charge in [0.15, 0.2) is 0 Å². The van der Waals surface area contributed by atoms with Gasteiger partial charge in [-0.3, -0.25) is 0 Å². The Balaban J connectivity index is 1.06. The Kier molecular flexibility index (Phi) is 9.06. The van der Waals surface area contributed by atoms with E-state index in [4.69, 9.17) is 0 Å². The Morgan fingerprint density at radius 1 is 0.400 bits per heavy atom. The first-order chi connectivity index (χ1) is 34.6. The van der Waals surface area contributed by atoms with Crippen LogP contribution in [0.5, 0.6) is 0 Å². The van der Waals surface area contributed by atoms with Gasteiger partial charge in [0, 0.05) is 58.6 Å². The van der Waals surface area contributed by atoms with E-state index in [1.165, 1.54) is 125 Å². The van der Waals surface area contributed by atoms with Crippen molar-refractivity contribution in [3.63, 3.8) is 0 Å². The molecular formula is C62H43B2IN4S. The van der Waals surface area contributed by atoms with Crippen LogP contribution in [0.15, 0.2) is 206 Å². The molecule has 5 aliphatic rings. The fourth-order valence-electron chi connectivity index (χ4n) is 12.4. The van der Waals surface area contributed by atoms with Crippen LogP contribution in [0.3, 0.4) is 0 Å². The number of hydrogen-bond acceptors (Lipinski definition) is 5. The number of nitrogens with zero attached hydrogens (tertiary/aromatic N) is 4. The number of thiophene rings is 1. The summed E-state index contributed by atoms with van der Waals surface area (Å²) in [6.45, 7) is 2.33. The lowest BCUT2D eigenvalue weighted by Crippen LogP contribution is -2.61. The highest BCUT2D eigenvalue weighted by molar-refractivity contribution is 14.1. The van der Waals surface area contributed by atoms with Gasteiger partial charge in [0.05, 0.1) is 22.7 Å². The monoisotopic (exact) mass is 1020 g/mol. The third-order valence-electron chi connectivity index (χ3n) is 15.3. The molecule has 4 nitrogen and oxygen atoms in total. The van der Waals surface area contributed by atoms with Gasteiger partial charge in [-0.15, -0.1) is 0 Å². The van der Waals surface area contributed by atoms with Crippen LogP contribution < -0.4 is 51.0 Å². The molecule has 1 aromatic heterocycles. The van der Waals surface area contributed by atoms with E-state index < -0.39 is 0 Å². The Bertz CT molecular complexity index is 3770. The minimum Gasteiger partial charge on any atom is -0.311 e. The lowest BCUT2D eigenvalue weighted by Gasteiger charge is -2.49. The number of hydrogen-bond donors (Lipinski definition) is 0. The van der Waals surface area contributed by atoms with Gasteiger partial charge < -0.3 is 19.6 Å². The minimum atomic E-state index is 0.00451. The number of benzene rings is 9. The van der Waals surface area contributed by atoms with E-state index in [1.54, 1.807) is 0 Å². The van der Waals surface area contributed by atoms with Crippen LogP contribution in [-0.4, -0.2) is 13.4 Å². The van der Waals surface area contributed by atoms with Crippen molar-refractivity contribution in [1.29, 1.82) is 0 Å². The molecule has 5 aliphatic heterocycles. The van der Waals surface area contributed by atoms with Crippen molar-refractivity contribution in [2.75, 3.05) is 19.6 Å². The summed E-state index contributed by atoms with van der Waals surface area (Å²) in [5.74, 6) is 0. The molecule has 9 aromatic carbocycles. The SMILES string of the molecule is CCCCc1cc2c3c(c1)N1c4ccccc4N4c5cc(I)cc6c5B(c5ccc(-c7ccccc7)cc5N6c5ccccc5)c5sc(c1c54)B3c1cc(-c3ccccc3)ccc1N2c1ccccc1. The topological polar surface area (TPSA) is 13.0 Å². The van der Waals surface area contributed by atoms with E-state index in [2.05, 4.69) is 267 Å². The lowest BCUT2D eigenvalue weighted by atomic mass is 9.35. The van der Waals surface area contributed by atoms with E-state index in [0.717, 1.165) is 24.9 Å². The zero-order valence-corrected chi connectivity index (χ0v) is 41.5. The fraction of sp³-hybridized carbons (Fsp3) is 0.0645. The van der Waals surface area contributed by atoms with Crippen LogP contribution in [0.4, 0.5) is 68.2 Å². The molecule has 10 aromatic rings. The number of rotatable bonds is 7. The van der Waals surface area contributed by atoms with Gasteiger partial charge >= 0.3 is 0 Å². The van der Waals surface area contributed by atoms with Crippen molar-refractivity contribution in [2.45, 2.75) is 26.2 Å². The van der Waals surface area contributed by atoms with E-state index in [-0.39, 0.29) is 13.4 Å². The minimum absolute atomic E-state index is 0.00451. The molecule has 0 saturated heterocycles. The smallest absolute Gasteiger partial charge is 0.264 e. The van der Waals surface area contributed by atoms with Crippen LogP contribution in [0.1, 0.15) is 25.3 Å². The Hall–Kier alpha value is -7.26. The van der Waals surface area contributed by atoms with E-state index >= 15 is 0 Å². The van der Waals surface area contributed by atoms with Crippen LogP contribution >= 0.6 is 33.9 Å². The van der Waals surface area contributed by atoms with E-state index in [1.807, 2.05) is 0 Å². The molecule has 0 atom stereocenters. The van der Waals surface area contributed by atoms with E-state index in [9.17, 15) is 0 Å². The summed E-state index contributed by atoms with van der Waals surface area (Å²) in [5.41, 5.74) is 26.7. The molecule has 330 valence electrons. The average molecular weight is 1020 g/mol. The molecule has 0 bridgehead atoms. The second-order valence-corrected chi connectivity index (χ2v) is 21.5. The Morgan fingerprint density at radius 2 is 0.871 bits per heavy atom. The number of halogens is 1. The van der Waals surface area contributed by atoms with Gasteiger partial charge in [-0.25, -0.2) is 0 Å². The lowest BCUT2D eigenvalue weighted by molar-refractivity contribution is 0.795. The molecule has 8 heteroatoms. The Morgan fingerprint density at radius 3 is 1.46 bits per heavy atom. The van der Waals surface area contributed by atoms with Gasteiger partial charge in [-0.05, 0) is 158 Å². The molecule has 0 unspecified atom stereocenters. The average Bonchev–Trinajstić information content (AvgIpc) is 3.81. The maximum Gasteiger partial charge on any atom is 0.264 e. The van der Waals surface area contributed by atoms with Crippen LogP contribution in [-0.2, 0) is 6.42 Å². The first-order valence-corrected chi connectivity index (χ1v) is 26.5. The van der Waals surface area contributed by atoms with Crippen molar-refractivity contribution in [3.05, 3.63) is 215 Å². The quantitative estimate of drug-likeness (QED) is 0.116. The first-order valence-electron chi connectivity index (χ1n) is 24.6. The van der Waals surface area contributed by atoms with Crippen LogP contribution in [0.25, 0.3) is 22.3 Å². The van der Waals surface area contributed by atoms with Gasteiger partial charge in [0.1, 0.15) is 0 Å². The van der Waals surface area contributed by atoms with Gasteiger partial charge in [0.2, 0.25) is 0 Å². The summed E-state index contributed by atoms with van der Waals surface area (Å²) in [6, 6.07) is 77.6. The second kappa shape index (κ2) is 15.6. The third-order valence-corrected chi connectivity index (χ3v) is 17.2. The number of para-hydroxylation sites is 4. The Labute approximate surface area is 427 Å². The zero-order valence-electron chi connectivity index (χ0n) is 38.5. The maximum atomic E-state index is 2.69. The molecule has 15 rings (SSSR count). The summed E-state index contributed by atoms with van der Waals surface area (Å²) in [6.07, 6.45) is 3.30. The standard InChI is InChI=1S/C62H43B2IN4S/c1-2-3-18-39-33-53-57-54(34-39)68-50-27-16-17-28-51(50)69-56-38-44(65)37-55-58(56)63(47-31-29-43(41-21-10-5-11-22-41)36-52(47)67(55)46-25-14-7-15-26-46)61-59(69)60(68)62(70-61)64(57)48-35-42(40-19-8-4-9-20-40)30-32-49(48)66(53)45-23-12-6-13-24-45/h4-17,19-38H,2-3,18H2,1H3. The molecule has 0 aliphatic carbocycles. The summed E-state index contributed by atoms with van der Waals surface area (Å²) >= 11 is 4.63. The molecule has 0 fully saturated rings. The highest BCUT2D eigenvalue weighted by Gasteiger charge is 2.54. The molecule has 70 heavy (non-hydrogen) atoms. The van der Waals surface area contributed by atoms with Crippen LogP contribution in [0.2, 0.25) is 0 Å². The van der Waals surface area contributed by atoms with E-state index in [0.29, 0.717) is 0 Å². The summed E-state index contributed by atoms with van der Waals surface area (Å²) in [5, 5.41) is 0. The highest BCUT2D eigenvalue weighted by atomic mass is 127. The summed E-state index contributed by atoms with van der Waals surface area (Å²) in [4.78, 5) is 10.5. The van der Waals surface area contributed by atoms with Gasteiger partial charge in [-0.2, -0.15) is 11.3 Å². The largest absolute Gasteiger partial charge is 0.311 e. The van der Waals surface area contributed by atoms with Crippen molar-refractivity contribution in [3.8, 4) is 22.3 Å². The molecular weight excluding hydrogens is 981 g/mol. The molecule has 0 spiro atoms. The molecule has 0 saturated carbocycles. The highest BCUT2D eigenvalue weighted by Crippen LogP contribution is 2.59. The van der Waals surface area contributed by atoms with Gasteiger partial charge in [0.25, 0.3) is 13.4 Å². The van der Waals surface area contributed by atoms with Crippen molar-refractivity contribution >= 4 is 147 Å². The van der Waals surface area contributed by atoms with Crippen molar-refractivity contribution in [1.82, 2.24) is 0 Å². The zero-order chi connectivity index (χ0) is 46.2. The molecule has 6 heterocycles. The second-order valence-electron chi connectivity index (χ2n) is 19.2. The van der Waals surface area contributed by atoms with Gasteiger partial charge in [-0.1, -0.05) is 147 Å². The summed E-state index contributed by atoms with van der Waals surface area (Å²) < 4.78 is 4.04. The molecule has 0 radical (unpaired) electrons. The number of fused-ring (bicyclic) bond motifs is 11. The fourth-order valence-corrected chi connectivity index (χ4v) is 14.5. The molecule has 0 amide bonds. The predicted octanol–water partition coefficient (Wildman–Crippen LogP) is 13.5. The van der Waals surface area contributed by atoms with Crippen LogP contribution in [0, 0.1) is 3.57 Å². The molecule has 0 N–H and O–H groups in total. The first kappa shape index (κ1) is 40.6. The normalized spacial score (nSPS) is 13.9. The van der Waals surface area contributed by atoms with Crippen molar-refractivity contribution in [2.24, 2.45) is 0 Å². The number of unbranched alkanes of at least 4 members (excludes halogenated alkanes) is 1. The predicted molar refractivity (Wildman–Crippen MR) is 308 cm³/mol. The van der Waals surface area contributed by atoms with Crippen molar-refractivity contribution < 1.29 is 0 Å². The summed E-state index contributed by atoms with van der Waals surface area (Å²) in [7, 11) is 0. The third kappa shape index (κ3) is 5.78. The maximum absolute atomic E-state index is 2.69. The number of aryl methyl sites for hydroxylation is 1.